The predicted octanol–water partition coefficient (Wildman–Crippen LogP) is 9.31. The van der Waals surface area contributed by atoms with Gasteiger partial charge >= 0.3 is 12.1 Å². The molecule has 8 heteroatoms. The number of nitrogens with one attached hydrogen (secondary N) is 2. The monoisotopic (exact) mass is 661 g/mol. The summed E-state index contributed by atoms with van der Waals surface area (Å²) in [5, 5.41) is 15.5. The lowest BCUT2D eigenvalue weighted by molar-refractivity contribution is -0.151. The molecule has 8 nitrogen and oxygen atoms in total. The van der Waals surface area contributed by atoms with Crippen LogP contribution in [0.15, 0.2) is 30.3 Å². The number of amides is 2. The van der Waals surface area contributed by atoms with Crippen molar-refractivity contribution in [2.24, 2.45) is 0 Å². The second-order valence-corrected chi connectivity index (χ2v) is 13.1. The largest absolute Gasteiger partial charge is 0.462 e. The number of hydrogen-bond donors (Lipinski definition) is 3. The van der Waals surface area contributed by atoms with E-state index < -0.39 is 18.2 Å². The molecule has 0 aromatic heterocycles. The maximum Gasteiger partial charge on any atom is 0.407 e. The van der Waals surface area contributed by atoms with Gasteiger partial charge in [0.1, 0.15) is 12.7 Å². The number of carbonyl (C=O) groups is 3. The number of unbranched alkanes of at least 4 members (excludes halogenated alkanes) is 16. The minimum absolute atomic E-state index is 0.0983. The summed E-state index contributed by atoms with van der Waals surface area (Å²) in [6, 6.07) is 9.04. The van der Waals surface area contributed by atoms with E-state index in [1.807, 2.05) is 30.3 Å². The summed E-state index contributed by atoms with van der Waals surface area (Å²) in [5.74, 6) is -0.443. The van der Waals surface area contributed by atoms with Crippen LogP contribution >= 0.6 is 0 Å². The summed E-state index contributed by atoms with van der Waals surface area (Å²) in [4.78, 5) is 37.6. The SMILES string of the molecule is CCCCCCCCCCCC(=O)OC(CCCCCCCCCCC)CC(=O)N[C@@H](CO)CCCNC(=O)OCc1ccccc1. The Morgan fingerprint density at radius 2 is 1.26 bits per heavy atom. The van der Waals surface area contributed by atoms with Crippen molar-refractivity contribution < 1.29 is 29.0 Å². The van der Waals surface area contributed by atoms with Crippen LogP contribution in [-0.4, -0.2) is 48.4 Å². The van der Waals surface area contributed by atoms with Gasteiger partial charge in [0.05, 0.1) is 19.1 Å². The van der Waals surface area contributed by atoms with Crippen LogP contribution in [0.1, 0.15) is 167 Å². The van der Waals surface area contributed by atoms with Crippen LogP contribution in [0.2, 0.25) is 0 Å². The van der Waals surface area contributed by atoms with E-state index in [0.717, 1.165) is 44.1 Å². The number of carbonyl (C=O) groups excluding carboxylic acids is 3. The summed E-state index contributed by atoms with van der Waals surface area (Å²) in [6.07, 6.45) is 22.8. The Balaban J connectivity index is 2.40. The predicted molar refractivity (Wildman–Crippen MR) is 191 cm³/mol. The number of esters is 1. The fraction of sp³-hybridized carbons (Fsp3) is 0.769. The molecule has 1 aromatic rings. The van der Waals surface area contributed by atoms with Crippen LogP contribution < -0.4 is 10.6 Å². The van der Waals surface area contributed by atoms with Crippen molar-refractivity contribution in [3.05, 3.63) is 35.9 Å². The normalized spacial score (nSPS) is 12.3. The van der Waals surface area contributed by atoms with Gasteiger partial charge in [0.15, 0.2) is 0 Å². The second-order valence-electron chi connectivity index (χ2n) is 13.1. The number of ether oxygens (including phenoxy) is 2. The van der Waals surface area contributed by atoms with Crippen LogP contribution in [-0.2, 0) is 25.7 Å². The first-order valence-corrected chi connectivity index (χ1v) is 19.0. The minimum atomic E-state index is -0.498. The number of benzene rings is 1. The highest BCUT2D eigenvalue weighted by atomic mass is 16.5. The number of alkyl carbamates (subject to hydrolysis) is 1. The van der Waals surface area contributed by atoms with Crippen molar-refractivity contribution in [3.63, 3.8) is 0 Å². The molecule has 3 N–H and O–H groups in total. The van der Waals surface area contributed by atoms with Crippen LogP contribution in [0.3, 0.4) is 0 Å². The van der Waals surface area contributed by atoms with E-state index in [1.165, 1.54) is 77.0 Å². The first-order chi connectivity index (χ1) is 23.0. The molecule has 0 aliphatic carbocycles. The first-order valence-electron chi connectivity index (χ1n) is 19.0. The van der Waals surface area contributed by atoms with E-state index in [4.69, 9.17) is 9.47 Å². The highest BCUT2D eigenvalue weighted by Crippen LogP contribution is 2.17. The highest BCUT2D eigenvalue weighted by Gasteiger charge is 2.20. The molecule has 1 rings (SSSR count). The molecule has 0 heterocycles. The first kappa shape index (κ1) is 42.4. The van der Waals surface area contributed by atoms with E-state index in [-0.39, 0.29) is 31.5 Å². The lowest BCUT2D eigenvalue weighted by Gasteiger charge is -2.21. The third-order valence-electron chi connectivity index (χ3n) is 8.62. The average Bonchev–Trinajstić information content (AvgIpc) is 3.07. The van der Waals surface area contributed by atoms with Crippen molar-refractivity contribution in [2.75, 3.05) is 13.2 Å². The molecule has 0 aliphatic heterocycles. The van der Waals surface area contributed by atoms with Gasteiger partial charge in [0.2, 0.25) is 5.91 Å². The molecule has 0 saturated carbocycles. The van der Waals surface area contributed by atoms with Gasteiger partial charge < -0.3 is 25.2 Å². The molecule has 47 heavy (non-hydrogen) atoms. The van der Waals surface area contributed by atoms with Crippen molar-refractivity contribution in [1.29, 1.82) is 0 Å². The molecule has 1 unspecified atom stereocenters. The molecule has 270 valence electrons. The summed E-state index contributed by atoms with van der Waals surface area (Å²) in [6.45, 7) is 4.83. The van der Waals surface area contributed by atoms with E-state index in [9.17, 15) is 19.5 Å². The molecule has 0 spiro atoms. The third-order valence-corrected chi connectivity index (χ3v) is 8.62. The van der Waals surface area contributed by atoms with Gasteiger partial charge in [-0.1, -0.05) is 147 Å². The molecule has 0 bridgehead atoms. The third kappa shape index (κ3) is 26.1. The van der Waals surface area contributed by atoms with Gasteiger partial charge in [0, 0.05) is 13.0 Å². The van der Waals surface area contributed by atoms with Crippen LogP contribution in [0.4, 0.5) is 4.79 Å². The topological polar surface area (TPSA) is 114 Å². The Morgan fingerprint density at radius 1 is 0.702 bits per heavy atom. The van der Waals surface area contributed by atoms with Gasteiger partial charge in [-0.15, -0.1) is 0 Å². The van der Waals surface area contributed by atoms with E-state index in [2.05, 4.69) is 24.5 Å². The molecular formula is C39H68N2O6. The highest BCUT2D eigenvalue weighted by molar-refractivity contribution is 5.77. The lowest BCUT2D eigenvalue weighted by Crippen LogP contribution is -2.40. The summed E-state index contributed by atoms with van der Waals surface area (Å²) >= 11 is 0. The average molecular weight is 661 g/mol. The van der Waals surface area contributed by atoms with Crippen molar-refractivity contribution >= 4 is 18.0 Å². The Hall–Kier alpha value is -2.61. The molecule has 0 aliphatic rings. The minimum Gasteiger partial charge on any atom is -0.462 e. The van der Waals surface area contributed by atoms with Crippen LogP contribution in [0.5, 0.6) is 0 Å². The second kappa shape index (κ2) is 30.7. The van der Waals surface area contributed by atoms with Gasteiger partial charge in [-0.2, -0.15) is 0 Å². The molecule has 2 amide bonds. The zero-order chi connectivity index (χ0) is 34.2. The maximum atomic E-state index is 12.9. The Kier molecular flexibility index (Phi) is 27.7. The van der Waals surface area contributed by atoms with E-state index in [1.54, 1.807) is 0 Å². The van der Waals surface area contributed by atoms with Gasteiger partial charge in [0.25, 0.3) is 0 Å². The molecule has 0 saturated heterocycles. The zero-order valence-corrected chi connectivity index (χ0v) is 29.9. The summed E-state index contributed by atoms with van der Waals surface area (Å²) in [7, 11) is 0. The fourth-order valence-corrected chi connectivity index (χ4v) is 5.73. The molecule has 0 radical (unpaired) electrons. The summed E-state index contributed by atoms with van der Waals surface area (Å²) in [5.41, 5.74) is 0.913. The lowest BCUT2D eigenvalue weighted by atomic mass is 10.0. The van der Waals surface area contributed by atoms with Gasteiger partial charge in [-0.05, 0) is 37.7 Å². The van der Waals surface area contributed by atoms with E-state index >= 15 is 0 Å². The number of hydrogen-bond acceptors (Lipinski definition) is 6. The standard InChI is InChI=1S/C39H68N2O6/c1-3-5-7-9-11-13-15-17-22-28-36(47-38(44)29-23-18-16-14-12-10-8-6-4-2)31-37(43)41-35(32-42)27-24-30-40-39(45)46-33-34-25-20-19-21-26-34/h19-21,25-26,35-36,42H,3-18,22-24,27-33H2,1-2H3,(H,40,45)(H,41,43)/t35-,36?/m1/s1. The van der Waals surface area contributed by atoms with Crippen molar-refractivity contribution in [2.45, 2.75) is 180 Å². The fourth-order valence-electron chi connectivity index (χ4n) is 5.73. The van der Waals surface area contributed by atoms with Crippen molar-refractivity contribution in [1.82, 2.24) is 10.6 Å². The smallest absolute Gasteiger partial charge is 0.407 e. The quantitative estimate of drug-likeness (QED) is 0.0540. The number of aliphatic hydroxyl groups is 1. The Labute approximate surface area is 286 Å². The number of rotatable bonds is 31. The zero-order valence-electron chi connectivity index (χ0n) is 29.9. The van der Waals surface area contributed by atoms with Gasteiger partial charge in [-0.3, -0.25) is 9.59 Å². The van der Waals surface area contributed by atoms with Gasteiger partial charge in [-0.25, -0.2) is 4.79 Å². The number of aliphatic hydroxyl groups excluding tert-OH is 1. The van der Waals surface area contributed by atoms with Crippen molar-refractivity contribution in [3.8, 4) is 0 Å². The Morgan fingerprint density at radius 3 is 1.83 bits per heavy atom. The molecule has 0 fully saturated rings. The Bertz CT molecular complexity index is 897. The van der Waals surface area contributed by atoms with Crippen LogP contribution in [0, 0.1) is 0 Å². The summed E-state index contributed by atoms with van der Waals surface area (Å²) < 4.78 is 11.1. The molecular weight excluding hydrogens is 592 g/mol. The van der Waals surface area contributed by atoms with E-state index in [0.29, 0.717) is 32.2 Å². The maximum absolute atomic E-state index is 12.9. The molecule has 1 aromatic carbocycles. The molecule has 2 atom stereocenters. The van der Waals surface area contributed by atoms with Crippen LogP contribution in [0.25, 0.3) is 0 Å².